The monoisotopic (exact) mass is 330 g/mol. The Morgan fingerprint density at radius 3 is 2.33 bits per heavy atom. The van der Waals surface area contributed by atoms with Crippen LogP contribution in [0, 0.1) is 5.82 Å². The highest BCUT2D eigenvalue weighted by Crippen LogP contribution is 2.32. The Kier molecular flexibility index (Phi) is 5.71. The van der Waals surface area contributed by atoms with Crippen LogP contribution in [0.5, 0.6) is 11.5 Å². The van der Waals surface area contributed by atoms with Crippen LogP contribution >= 0.6 is 0 Å². The van der Waals surface area contributed by atoms with Gasteiger partial charge in [0.15, 0.2) is 0 Å². The third-order valence-corrected chi connectivity index (χ3v) is 3.40. The molecule has 0 atom stereocenters. The summed E-state index contributed by atoms with van der Waals surface area (Å²) in [5, 5.41) is 0. The molecule has 0 aromatic heterocycles. The van der Waals surface area contributed by atoms with Crippen molar-refractivity contribution in [1.29, 1.82) is 0 Å². The van der Waals surface area contributed by atoms with Crippen molar-refractivity contribution in [1.82, 2.24) is 0 Å². The summed E-state index contributed by atoms with van der Waals surface area (Å²) >= 11 is 0. The van der Waals surface area contributed by atoms with Crippen LogP contribution in [0.25, 0.3) is 11.1 Å². The average Bonchev–Trinajstić information content (AvgIpc) is 2.55. The zero-order valence-corrected chi connectivity index (χ0v) is 13.9. The van der Waals surface area contributed by atoms with Crippen molar-refractivity contribution >= 4 is 5.97 Å². The first kappa shape index (κ1) is 17.7. The van der Waals surface area contributed by atoms with Gasteiger partial charge in [-0.15, -0.1) is 0 Å². The maximum Gasteiger partial charge on any atom is 0.338 e. The summed E-state index contributed by atoms with van der Waals surface area (Å²) in [5.74, 6) is -0.121. The van der Waals surface area contributed by atoms with Crippen molar-refractivity contribution in [3.05, 3.63) is 59.9 Å². The van der Waals surface area contributed by atoms with Gasteiger partial charge in [0.2, 0.25) is 0 Å². The van der Waals surface area contributed by atoms with Crippen LogP contribution in [0.3, 0.4) is 0 Å². The molecular weight excluding hydrogens is 311 g/mol. The van der Waals surface area contributed by atoms with Crippen molar-refractivity contribution in [3.8, 4) is 22.6 Å². The van der Waals surface area contributed by atoms with Crippen LogP contribution in [0.4, 0.5) is 4.39 Å². The highest BCUT2D eigenvalue weighted by Gasteiger charge is 2.14. The Bertz CT molecular complexity index is 768. The van der Waals surface area contributed by atoms with Gasteiger partial charge in [0.1, 0.15) is 17.3 Å². The fourth-order valence-electron chi connectivity index (χ4n) is 2.21. The van der Waals surface area contributed by atoms with Gasteiger partial charge in [0.05, 0.1) is 13.7 Å². The van der Waals surface area contributed by atoms with E-state index in [4.69, 9.17) is 14.2 Å². The second kappa shape index (κ2) is 7.75. The van der Waals surface area contributed by atoms with Gasteiger partial charge in [0, 0.05) is 24.3 Å². The SMILES string of the molecule is C=C(C)C(=O)Oc1ccc(-c2ccc(OC)cc2F)c(COC)c1. The molecule has 0 heterocycles. The van der Waals surface area contributed by atoms with E-state index in [1.807, 2.05) is 0 Å². The van der Waals surface area contributed by atoms with Crippen LogP contribution in [-0.2, 0) is 16.1 Å². The fraction of sp³-hybridized carbons (Fsp3) is 0.211. The third-order valence-electron chi connectivity index (χ3n) is 3.40. The fourth-order valence-corrected chi connectivity index (χ4v) is 2.21. The summed E-state index contributed by atoms with van der Waals surface area (Å²) in [6, 6.07) is 9.61. The van der Waals surface area contributed by atoms with E-state index in [2.05, 4.69) is 6.58 Å². The summed E-state index contributed by atoms with van der Waals surface area (Å²) in [4.78, 5) is 11.6. The molecular formula is C19H19FO4. The van der Waals surface area contributed by atoms with E-state index in [0.717, 1.165) is 0 Å². The lowest BCUT2D eigenvalue weighted by Crippen LogP contribution is -2.08. The van der Waals surface area contributed by atoms with Gasteiger partial charge in [-0.2, -0.15) is 0 Å². The van der Waals surface area contributed by atoms with Crippen molar-refractivity contribution in [3.63, 3.8) is 0 Å². The number of halogens is 1. The molecule has 0 aliphatic heterocycles. The number of hydrogen-bond donors (Lipinski definition) is 0. The number of benzene rings is 2. The predicted octanol–water partition coefficient (Wildman–Crippen LogP) is 4.13. The second-order valence-electron chi connectivity index (χ2n) is 5.27. The molecule has 0 aliphatic carbocycles. The second-order valence-corrected chi connectivity index (χ2v) is 5.27. The number of ether oxygens (including phenoxy) is 3. The first-order valence-electron chi connectivity index (χ1n) is 7.29. The van der Waals surface area contributed by atoms with E-state index in [1.165, 1.54) is 13.2 Å². The minimum Gasteiger partial charge on any atom is -0.497 e. The van der Waals surface area contributed by atoms with E-state index in [1.54, 1.807) is 44.4 Å². The number of rotatable bonds is 6. The molecule has 5 heteroatoms. The summed E-state index contributed by atoms with van der Waals surface area (Å²) in [5.41, 5.74) is 2.08. The molecule has 0 radical (unpaired) electrons. The third kappa shape index (κ3) is 4.00. The first-order chi connectivity index (χ1) is 11.5. The van der Waals surface area contributed by atoms with E-state index in [-0.39, 0.29) is 6.61 Å². The molecule has 0 N–H and O–H groups in total. The number of hydrogen-bond acceptors (Lipinski definition) is 4. The Morgan fingerprint density at radius 2 is 1.75 bits per heavy atom. The van der Waals surface area contributed by atoms with Crippen LogP contribution in [-0.4, -0.2) is 20.2 Å². The summed E-state index contributed by atoms with van der Waals surface area (Å²) in [6.45, 7) is 5.36. The molecule has 0 aliphatic rings. The van der Waals surface area contributed by atoms with Gasteiger partial charge in [0.25, 0.3) is 0 Å². The zero-order chi connectivity index (χ0) is 17.7. The lowest BCUT2D eigenvalue weighted by Gasteiger charge is -2.13. The maximum atomic E-state index is 14.3. The number of esters is 1. The quantitative estimate of drug-likeness (QED) is 0.454. The Hall–Kier alpha value is -2.66. The molecule has 0 spiro atoms. The Morgan fingerprint density at radius 1 is 1.08 bits per heavy atom. The van der Waals surface area contributed by atoms with Gasteiger partial charge >= 0.3 is 5.97 Å². The number of carbonyl (C=O) groups excluding carboxylic acids is 1. The highest BCUT2D eigenvalue weighted by molar-refractivity contribution is 5.89. The molecule has 24 heavy (non-hydrogen) atoms. The smallest absolute Gasteiger partial charge is 0.338 e. The maximum absolute atomic E-state index is 14.3. The van der Waals surface area contributed by atoms with E-state index >= 15 is 0 Å². The number of carbonyl (C=O) groups is 1. The van der Waals surface area contributed by atoms with Crippen LogP contribution in [0.2, 0.25) is 0 Å². The summed E-state index contributed by atoms with van der Waals surface area (Å²) in [7, 11) is 3.02. The molecule has 0 bridgehead atoms. The van der Waals surface area contributed by atoms with E-state index < -0.39 is 11.8 Å². The largest absolute Gasteiger partial charge is 0.497 e. The molecule has 0 amide bonds. The lowest BCUT2D eigenvalue weighted by atomic mass is 9.99. The molecule has 2 rings (SSSR count). The molecule has 126 valence electrons. The Labute approximate surface area is 140 Å². The standard InChI is InChI=1S/C19H19FO4/c1-12(2)19(21)24-15-6-7-16(13(9-15)11-22-3)17-8-5-14(23-4)10-18(17)20/h5-10H,1,11H2,2-4H3. The van der Waals surface area contributed by atoms with Crippen molar-refractivity contribution in [2.75, 3.05) is 14.2 Å². The number of methoxy groups -OCH3 is 2. The molecule has 4 nitrogen and oxygen atoms in total. The van der Waals surface area contributed by atoms with E-state index in [9.17, 15) is 9.18 Å². The highest BCUT2D eigenvalue weighted by atomic mass is 19.1. The zero-order valence-electron chi connectivity index (χ0n) is 13.9. The van der Waals surface area contributed by atoms with Crippen molar-refractivity contribution in [2.45, 2.75) is 13.5 Å². The first-order valence-corrected chi connectivity index (χ1v) is 7.29. The van der Waals surface area contributed by atoms with Gasteiger partial charge in [-0.3, -0.25) is 0 Å². The van der Waals surface area contributed by atoms with Gasteiger partial charge in [-0.05, 0) is 42.3 Å². The summed E-state index contributed by atoms with van der Waals surface area (Å²) < 4.78 is 29.7. The molecule has 0 fully saturated rings. The predicted molar refractivity (Wildman–Crippen MR) is 89.6 cm³/mol. The molecule has 2 aromatic rings. The van der Waals surface area contributed by atoms with Crippen LogP contribution in [0.1, 0.15) is 12.5 Å². The van der Waals surface area contributed by atoms with Gasteiger partial charge in [-0.25, -0.2) is 9.18 Å². The molecule has 0 unspecified atom stereocenters. The van der Waals surface area contributed by atoms with Gasteiger partial charge < -0.3 is 14.2 Å². The van der Waals surface area contributed by atoms with Crippen LogP contribution in [0.15, 0.2) is 48.6 Å². The Balaban J connectivity index is 2.43. The average molecular weight is 330 g/mol. The minimum atomic E-state index is -0.512. The molecule has 0 saturated carbocycles. The lowest BCUT2D eigenvalue weighted by molar-refractivity contribution is -0.130. The van der Waals surface area contributed by atoms with E-state index in [0.29, 0.717) is 33.8 Å². The topological polar surface area (TPSA) is 44.8 Å². The van der Waals surface area contributed by atoms with Gasteiger partial charge in [-0.1, -0.05) is 12.6 Å². The summed E-state index contributed by atoms with van der Waals surface area (Å²) in [6.07, 6.45) is 0. The molecule has 2 aromatic carbocycles. The van der Waals surface area contributed by atoms with Crippen molar-refractivity contribution < 1.29 is 23.4 Å². The van der Waals surface area contributed by atoms with Crippen LogP contribution < -0.4 is 9.47 Å². The minimum absolute atomic E-state index is 0.249. The normalized spacial score (nSPS) is 10.3. The molecule has 0 saturated heterocycles. The van der Waals surface area contributed by atoms with Crippen molar-refractivity contribution in [2.24, 2.45) is 0 Å².